The minimum Gasteiger partial charge on any atom is -0.495 e. The van der Waals surface area contributed by atoms with E-state index in [1.807, 2.05) is 18.2 Å². The number of nitrogens with one attached hydrogen (secondary N) is 1. The fraction of sp³-hybridized carbons (Fsp3) is 0.227. The van der Waals surface area contributed by atoms with E-state index in [2.05, 4.69) is 25.3 Å². The maximum Gasteiger partial charge on any atom is 0.232 e. The van der Waals surface area contributed by atoms with Gasteiger partial charge in [0.2, 0.25) is 5.95 Å². The van der Waals surface area contributed by atoms with Gasteiger partial charge < -0.3 is 19.7 Å². The molecule has 0 radical (unpaired) electrons. The van der Waals surface area contributed by atoms with E-state index in [1.165, 1.54) is 6.07 Å². The molecule has 0 aliphatic carbocycles. The summed E-state index contributed by atoms with van der Waals surface area (Å²) >= 11 is 0. The molecule has 0 spiro atoms. The molecule has 2 aromatic heterocycles. The average molecular weight is 420 g/mol. The van der Waals surface area contributed by atoms with Gasteiger partial charge in [-0.1, -0.05) is 12.1 Å². The number of rotatable bonds is 5. The van der Waals surface area contributed by atoms with E-state index in [9.17, 15) is 4.39 Å². The van der Waals surface area contributed by atoms with E-state index in [-0.39, 0.29) is 11.6 Å². The van der Waals surface area contributed by atoms with Crippen LogP contribution in [0.5, 0.6) is 5.75 Å². The van der Waals surface area contributed by atoms with Gasteiger partial charge in [0.1, 0.15) is 11.6 Å². The van der Waals surface area contributed by atoms with Crippen molar-refractivity contribution in [3.8, 4) is 17.1 Å². The molecule has 1 N–H and O–H groups in total. The van der Waals surface area contributed by atoms with Crippen LogP contribution >= 0.6 is 0 Å². The standard InChI is InChI=1S/C22H21FN6O2/c1-30-19-14-15(6-7-18(19)28-10-12-31-13-11-28)25-22-27-21(16-4-2-3-5-17(16)23)26-20-8-9-24-29(20)22/h2-9,14H,10-13H2,1H3,(H,25,26,27). The number of fused-ring (bicyclic) bond motifs is 1. The van der Waals surface area contributed by atoms with Crippen LogP contribution in [-0.2, 0) is 4.74 Å². The van der Waals surface area contributed by atoms with Gasteiger partial charge in [0.05, 0.1) is 37.8 Å². The van der Waals surface area contributed by atoms with Crippen LogP contribution in [-0.4, -0.2) is 53.0 Å². The molecule has 4 aromatic rings. The molecule has 0 unspecified atom stereocenters. The third-order valence-electron chi connectivity index (χ3n) is 5.16. The SMILES string of the molecule is COc1cc(Nc2nc(-c3ccccc3F)nc3ccnn23)ccc1N1CCOCC1. The van der Waals surface area contributed by atoms with Crippen molar-refractivity contribution in [3.05, 3.63) is 60.5 Å². The Balaban J connectivity index is 1.51. The molecule has 0 atom stereocenters. The highest BCUT2D eigenvalue weighted by atomic mass is 19.1. The molecule has 0 bridgehead atoms. The Labute approximate surface area is 178 Å². The quantitative estimate of drug-likeness (QED) is 0.529. The van der Waals surface area contributed by atoms with Crippen molar-refractivity contribution in [2.24, 2.45) is 0 Å². The lowest BCUT2D eigenvalue weighted by atomic mass is 10.2. The van der Waals surface area contributed by atoms with Gasteiger partial charge in [-0.05, 0) is 24.3 Å². The summed E-state index contributed by atoms with van der Waals surface area (Å²) in [6.07, 6.45) is 1.63. The van der Waals surface area contributed by atoms with Crippen molar-refractivity contribution in [2.45, 2.75) is 0 Å². The van der Waals surface area contributed by atoms with Gasteiger partial charge in [-0.2, -0.15) is 14.6 Å². The van der Waals surface area contributed by atoms with Crippen LogP contribution in [0, 0.1) is 5.82 Å². The van der Waals surface area contributed by atoms with Crippen molar-refractivity contribution < 1.29 is 13.9 Å². The normalized spacial score (nSPS) is 14.1. The Kier molecular flexibility index (Phi) is 5.09. The highest BCUT2D eigenvalue weighted by Gasteiger charge is 2.17. The first-order valence-electron chi connectivity index (χ1n) is 9.97. The van der Waals surface area contributed by atoms with Crippen molar-refractivity contribution >= 4 is 23.0 Å². The number of methoxy groups -OCH3 is 1. The fourth-order valence-electron chi connectivity index (χ4n) is 3.62. The molecule has 3 heterocycles. The monoisotopic (exact) mass is 420 g/mol. The number of benzene rings is 2. The Bertz CT molecular complexity index is 1220. The average Bonchev–Trinajstić information content (AvgIpc) is 3.29. The molecule has 1 aliphatic heterocycles. The van der Waals surface area contributed by atoms with Gasteiger partial charge in [0, 0.05) is 30.9 Å². The minimum absolute atomic E-state index is 0.283. The predicted molar refractivity (Wildman–Crippen MR) is 115 cm³/mol. The van der Waals surface area contributed by atoms with Crippen molar-refractivity contribution in [1.82, 2.24) is 19.6 Å². The lowest BCUT2D eigenvalue weighted by Gasteiger charge is -2.30. The number of hydrogen-bond donors (Lipinski definition) is 1. The molecule has 1 aliphatic rings. The first-order chi connectivity index (χ1) is 15.2. The molecule has 158 valence electrons. The van der Waals surface area contributed by atoms with Gasteiger partial charge in [-0.3, -0.25) is 0 Å². The number of hydrogen-bond acceptors (Lipinski definition) is 7. The maximum absolute atomic E-state index is 14.3. The van der Waals surface area contributed by atoms with Crippen molar-refractivity contribution in [3.63, 3.8) is 0 Å². The Morgan fingerprint density at radius 1 is 1.06 bits per heavy atom. The van der Waals surface area contributed by atoms with Crippen LogP contribution in [0.1, 0.15) is 0 Å². The summed E-state index contributed by atoms with van der Waals surface area (Å²) in [7, 11) is 1.65. The fourth-order valence-corrected chi connectivity index (χ4v) is 3.62. The van der Waals surface area contributed by atoms with Crippen LogP contribution in [0.2, 0.25) is 0 Å². The molecule has 0 amide bonds. The van der Waals surface area contributed by atoms with Gasteiger partial charge in [-0.15, -0.1) is 0 Å². The number of nitrogens with zero attached hydrogens (tertiary/aromatic N) is 5. The third-order valence-corrected chi connectivity index (χ3v) is 5.16. The summed E-state index contributed by atoms with van der Waals surface area (Å²) in [5, 5.41) is 7.56. The van der Waals surface area contributed by atoms with E-state index in [4.69, 9.17) is 9.47 Å². The van der Waals surface area contributed by atoms with Crippen LogP contribution in [0.15, 0.2) is 54.7 Å². The number of halogens is 1. The molecular formula is C22H21FN6O2. The van der Waals surface area contributed by atoms with Crippen LogP contribution in [0.25, 0.3) is 17.0 Å². The second-order valence-corrected chi connectivity index (χ2v) is 7.06. The van der Waals surface area contributed by atoms with Crippen molar-refractivity contribution in [1.29, 1.82) is 0 Å². The Morgan fingerprint density at radius 3 is 2.71 bits per heavy atom. The minimum atomic E-state index is -0.381. The molecule has 1 fully saturated rings. The highest BCUT2D eigenvalue weighted by molar-refractivity contribution is 5.69. The molecule has 1 saturated heterocycles. The molecule has 5 rings (SSSR count). The number of aromatic nitrogens is 4. The van der Waals surface area contributed by atoms with Crippen LogP contribution in [0.3, 0.4) is 0 Å². The van der Waals surface area contributed by atoms with E-state index < -0.39 is 0 Å². The number of morpholine rings is 1. The smallest absolute Gasteiger partial charge is 0.232 e. The molecule has 9 heteroatoms. The molecule has 2 aromatic carbocycles. The molecular weight excluding hydrogens is 399 g/mol. The lowest BCUT2D eigenvalue weighted by Crippen LogP contribution is -2.36. The number of ether oxygens (including phenoxy) is 2. The largest absolute Gasteiger partial charge is 0.495 e. The van der Waals surface area contributed by atoms with Gasteiger partial charge in [0.25, 0.3) is 0 Å². The zero-order chi connectivity index (χ0) is 21.2. The summed E-state index contributed by atoms with van der Waals surface area (Å²) in [6, 6.07) is 14.1. The van der Waals surface area contributed by atoms with E-state index >= 15 is 0 Å². The topological polar surface area (TPSA) is 76.8 Å². The van der Waals surface area contributed by atoms with E-state index in [1.54, 1.807) is 42.1 Å². The first-order valence-corrected chi connectivity index (χ1v) is 9.97. The second-order valence-electron chi connectivity index (χ2n) is 7.06. The summed E-state index contributed by atoms with van der Waals surface area (Å²) in [4.78, 5) is 11.2. The summed E-state index contributed by atoms with van der Waals surface area (Å²) in [5.74, 6) is 1.07. The molecule has 31 heavy (non-hydrogen) atoms. The summed E-state index contributed by atoms with van der Waals surface area (Å²) in [6.45, 7) is 3.02. The second kappa shape index (κ2) is 8.19. The molecule has 0 saturated carbocycles. The van der Waals surface area contributed by atoms with Gasteiger partial charge in [0.15, 0.2) is 11.5 Å². The zero-order valence-electron chi connectivity index (χ0n) is 17.0. The highest BCUT2D eigenvalue weighted by Crippen LogP contribution is 2.33. The van der Waals surface area contributed by atoms with E-state index in [0.717, 1.165) is 30.2 Å². The van der Waals surface area contributed by atoms with Crippen molar-refractivity contribution in [2.75, 3.05) is 43.6 Å². The summed E-state index contributed by atoms with van der Waals surface area (Å²) in [5.41, 5.74) is 2.67. The van der Waals surface area contributed by atoms with Gasteiger partial charge in [-0.25, -0.2) is 9.37 Å². The Morgan fingerprint density at radius 2 is 1.90 bits per heavy atom. The first kappa shape index (κ1) is 19.3. The van der Waals surface area contributed by atoms with Crippen LogP contribution in [0.4, 0.5) is 21.7 Å². The maximum atomic E-state index is 14.3. The number of anilines is 3. The lowest BCUT2D eigenvalue weighted by molar-refractivity contribution is 0.122. The zero-order valence-corrected chi connectivity index (χ0v) is 17.0. The predicted octanol–water partition coefficient (Wildman–Crippen LogP) is 3.52. The third kappa shape index (κ3) is 3.75. The van der Waals surface area contributed by atoms with Gasteiger partial charge >= 0.3 is 0 Å². The molecule has 8 nitrogen and oxygen atoms in total. The van der Waals surface area contributed by atoms with E-state index in [0.29, 0.717) is 30.4 Å². The van der Waals surface area contributed by atoms with Crippen LogP contribution < -0.4 is 15.0 Å². The summed E-state index contributed by atoms with van der Waals surface area (Å²) < 4.78 is 27.0. The Hall–Kier alpha value is -3.72.